The first-order chi connectivity index (χ1) is 14.1. The number of ether oxygens (including phenoxy) is 2. The van der Waals surface area contributed by atoms with Gasteiger partial charge in [-0.2, -0.15) is 0 Å². The first-order valence-electron chi connectivity index (χ1n) is 9.65. The minimum Gasteiger partial charge on any atom is -0.485 e. The molecular formula is C22H25N3O3S. The lowest BCUT2D eigenvalue weighted by molar-refractivity contribution is -0.142. The fraction of sp³-hybridized carbons (Fsp3) is 0.318. The SMILES string of the molecule is CCOC(=O)C(CC)Sc1nnc(COc2ccccc2C)n1-c1ccccc1. The Hall–Kier alpha value is -2.80. The average molecular weight is 412 g/mol. The Balaban J connectivity index is 1.89. The van der Waals surface area contributed by atoms with Gasteiger partial charge in [-0.15, -0.1) is 10.2 Å². The van der Waals surface area contributed by atoms with Crippen LogP contribution in [0, 0.1) is 6.92 Å². The van der Waals surface area contributed by atoms with E-state index >= 15 is 0 Å². The quantitative estimate of drug-likeness (QED) is 0.379. The maximum atomic E-state index is 12.3. The molecule has 0 aliphatic heterocycles. The zero-order valence-corrected chi connectivity index (χ0v) is 17.7. The first kappa shape index (κ1) is 20.9. The van der Waals surface area contributed by atoms with Crippen LogP contribution in [-0.2, 0) is 16.1 Å². The zero-order chi connectivity index (χ0) is 20.6. The Morgan fingerprint density at radius 3 is 2.48 bits per heavy atom. The van der Waals surface area contributed by atoms with Crippen molar-refractivity contribution in [3.05, 3.63) is 66.0 Å². The second-order valence-corrected chi connectivity index (χ2v) is 7.56. The van der Waals surface area contributed by atoms with Crippen LogP contribution in [-0.4, -0.2) is 32.6 Å². The van der Waals surface area contributed by atoms with Gasteiger partial charge in [-0.3, -0.25) is 9.36 Å². The van der Waals surface area contributed by atoms with Crippen LogP contribution < -0.4 is 4.74 Å². The van der Waals surface area contributed by atoms with Crippen LogP contribution >= 0.6 is 11.8 Å². The van der Waals surface area contributed by atoms with Gasteiger partial charge in [0.15, 0.2) is 11.0 Å². The maximum absolute atomic E-state index is 12.3. The fourth-order valence-corrected chi connectivity index (χ4v) is 3.82. The molecule has 0 aliphatic carbocycles. The fourth-order valence-electron chi connectivity index (χ4n) is 2.83. The molecule has 0 aliphatic rings. The molecule has 0 saturated heterocycles. The van der Waals surface area contributed by atoms with Gasteiger partial charge in [0, 0.05) is 5.69 Å². The van der Waals surface area contributed by atoms with E-state index in [9.17, 15) is 4.79 Å². The van der Waals surface area contributed by atoms with E-state index in [1.165, 1.54) is 11.8 Å². The Bertz CT molecular complexity index is 943. The lowest BCUT2D eigenvalue weighted by Crippen LogP contribution is -2.20. The minimum atomic E-state index is -0.341. The average Bonchev–Trinajstić information content (AvgIpc) is 3.14. The van der Waals surface area contributed by atoms with Gasteiger partial charge in [-0.05, 0) is 44.0 Å². The molecule has 0 radical (unpaired) electrons. The third-order valence-corrected chi connectivity index (χ3v) is 5.62. The number of para-hydroxylation sites is 2. The van der Waals surface area contributed by atoms with Crippen molar-refractivity contribution in [3.63, 3.8) is 0 Å². The highest BCUT2D eigenvalue weighted by molar-refractivity contribution is 8.00. The van der Waals surface area contributed by atoms with Crippen LogP contribution in [0.5, 0.6) is 5.75 Å². The predicted octanol–water partition coefficient (Wildman–Crippen LogP) is 4.59. The highest BCUT2D eigenvalue weighted by Crippen LogP contribution is 2.29. The molecule has 0 bridgehead atoms. The summed E-state index contributed by atoms with van der Waals surface area (Å²) in [6, 6.07) is 17.7. The first-order valence-corrected chi connectivity index (χ1v) is 10.5. The molecule has 0 saturated carbocycles. The standard InChI is InChI=1S/C22H25N3O3S/c1-4-19(21(26)27-5-2)29-22-24-23-20(25(22)17-12-7-6-8-13-17)15-28-18-14-10-9-11-16(18)3/h6-14,19H,4-5,15H2,1-3H3. The Morgan fingerprint density at radius 1 is 1.07 bits per heavy atom. The lowest BCUT2D eigenvalue weighted by Gasteiger charge is -2.15. The predicted molar refractivity (Wildman–Crippen MR) is 113 cm³/mol. The summed E-state index contributed by atoms with van der Waals surface area (Å²) in [5.41, 5.74) is 1.98. The summed E-state index contributed by atoms with van der Waals surface area (Å²) in [5.74, 6) is 1.24. The molecule has 7 heteroatoms. The van der Waals surface area contributed by atoms with Gasteiger partial charge in [-0.1, -0.05) is 55.1 Å². The molecule has 0 N–H and O–H groups in total. The summed E-state index contributed by atoms with van der Waals surface area (Å²) in [5, 5.41) is 8.99. The molecular weight excluding hydrogens is 386 g/mol. The minimum absolute atomic E-state index is 0.236. The number of esters is 1. The smallest absolute Gasteiger partial charge is 0.319 e. The molecule has 1 atom stereocenters. The van der Waals surface area contributed by atoms with Crippen LogP contribution in [0.25, 0.3) is 5.69 Å². The number of hydrogen-bond donors (Lipinski definition) is 0. The summed E-state index contributed by atoms with van der Waals surface area (Å²) in [7, 11) is 0. The zero-order valence-electron chi connectivity index (χ0n) is 16.9. The second kappa shape index (κ2) is 10.1. The lowest BCUT2D eigenvalue weighted by atomic mass is 10.2. The van der Waals surface area contributed by atoms with Gasteiger partial charge in [0.1, 0.15) is 17.6 Å². The number of benzene rings is 2. The van der Waals surface area contributed by atoms with E-state index < -0.39 is 0 Å². The number of aromatic nitrogens is 3. The van der Waals surface area contributed by atoms with Crippen molar-refractivity contribution in [2.24, 2.45) is 0 Å². The number of carbonyl (C=O) groups is 1. The van der Waals surface area contributed by atoms with Crippen molar-refractivity contribution in [1.29, 1.82) is 0 Å². The molecule has 0 amide bonds. The van der Waals surface area contributed by atoms with Crippen LogP contribution in [0.15, 0.2) is 59.8 Å². The number of rotatable bonds is 9. The summed E-state index contributed by atoms with van der Waals surface area (Å²) < 4.78 is 13.1. The van der Waals surface area contributed by atoms with Crippen molar-refractivity contribution >= 4 is 17.7 Å². The summed E-state index contributed by atoms with van der Waals surface area (Å²) in [6.45, 7) is 6.40. The Kier molecular flexibility index (Phi) is 7.30. The van der Waals surface area contributed by atoms with Gasteiger partial charge in [0.05, 0.1) is 6.61 Å². The number of nitrogens with zero attached hydrogens (tertiary/aromatic N) is 3. The number of thioether (sulfide) groups is 1. The van der Waals surface area contributed by atoms with Crippen molar-refractivity contribution < 1.29 is 14.3 Å². The summed E-state index contributed by atoms with van der Waals surface area (Å²) >= 11 is 1.36. The number of carbonyl (C=O) groups excluding carboxylic acids is 1. The van der Waals surface area contributed by atoms with E-state index in [4.69, 9.17) is 9.47 Å². The van der Waals surface area contributed by atoms with E-state index in [1.54, 1.807) is 0 Å². The van der Waals surface area contributed by atoms with E-state index in [1.807, 2.05) is 79.9 Å². The molecule has 1 unspecified atom stereocenters. The van der Waals surface area contributed by atoms with Crippen LogP contribution in [0.3, 0.4) is 0 Å². The Morgan fingerprint density at radius 2 is 1.79 bits per heavy atom. The molecule has 29 heavy (non-hydrogen) atoms. The van der Waals surface area contributed by atoms with Crippen molar-refractivity contribution in [2.75, 3.05) is 6.61 Å². The number of hydrogen-bond acceptors (Lipinski definition) is 6. The van der Waals surface area contributed by atoms with Crippen LogP contribution in [0.2, 0.25) is 0 Å². The van der Waals surface area contributed by atoms with Crippen LogP contribution in [0.4, 0.5) is 0 Å². The molecule has 2 aromatic carbocycles. The van der Waals surface area contributed by atoms with E-state index in [-0.39, 0.29) is 17.8 Å². The molecule has 6 nitrogen and oxygen atoms in total. The maximum Gasteiger partial charge on any atom is 0.319 e. The van der Waals surface area contributed by atoms with Gasteiger partial charge in [0.25, 0.3) is 0 Å². The molecule has 0 spiro atoms. The third kappa shape index (κ3) is 5.17. The summed E-state index contributed by atoms with van der Waals surface area (Å²) in [6.07, 6.45) is 0.639. The van der Waals surface area contributed by atoms with Crippen molar-refractivity contribution in [3.8, 4) is 11.4 Å². The van der Waals surface area contributed by atoms with Crippen LogP contribution in [0.1, 0.15) is 31.7 Å². The summed E-state index contributed by atoms with van der Waals surface area (Å²) in [4.78, 5) is 12.3. The molecule has 3 rings (SSSR count). The highest BCUT2D eigenvalue weighted by atomic mass is 32.2. The normalized spacial score (nSPS) is 11.8. The topological polar surface area (TPSA) is 66.2 Å². The molecule has 3 aromatic rings. The molecule has 1 aromatic heterocycles. The largest absolute Gasteiger partial charge is 0.485 e. The molecule has 152 valence electrons. The molecule has 1 heterocycles. The second-order valence-electron chi connectivity index (χ2n) is 6.39. The van der Waals surface area contributed by atoms with Crippen molar-refractivity contribution in [1.82, 2.24) is 14.8 Å². The van der Waals surface area contributed by atoms with Crippen molar-refractivity contribution in [2.45, 2.75) is 44.2 Å². The van der Waals surface area contributed by atoms with E-state index in [0.29, 0.717) is 24.0 Å². The number of aryl methyl sites for hydroxylation is 1. The Labute approximate surface area is 175 Å². The van der Waals surface area contributed by atoms with Gasteiger partial charge in [0.2, 0.25) is 0 Å². The third-order valence-electron chi connectivity index (χ3n) is 4.33. The molecule has 0 fully saturated rings. The van der Waals surface area contributed by atoms with Gasteiger partial charge < -0.3 is 9.47 Å². The highest BCUT2D eigenvalue weighted by Gasteiger charge is 2.24. The van der Waals surface area contributed by atoms with Gasteiger partial charge in [-0.25, -0.2) is 0 Å². The van der Waals surface area contributed by atoms with E-state index in [0.717, 1.165) is 17.0 Å². The van der Waals surface area contributed by atoms with Gasteiger partial charge >= 0.3 is 5.97 Å². The van der Waals surface area contributed by atoms with E-state index in [2.05, 4.69) is 10.2 Å². The monoisotopic (exact) mass is 411 g/mol.